The topological polar surface area (TPSA) is 23.8 Å². The third-order valence-electron chi connectivity index (χ3n) is 1.73. The van der Waals surface area contributed by atoms with E-state index in [1.165, 1.54) is 0 Å². The summed E-state index contributed by atoms with van der Waals surface area (Å²) in [5.74, 6) is 0.402. The number of halogens is 2. The molecule has 1 nitrogen and oxygen atoms in total. The van der Waals surface area contributed by atoms with E-state index in [-0.39, 0.29) is 0 Å². The molecule has 0 aliphatic carbocycles. The number of hydrogen-bond donors (Lipinski definition) is 0. The molecule has 0 aromatic heterocycles. The van der Waals surface area contributed by atoms with Gasteiger partial charge in [0.25, 0.3) is 0 Å². The van der Waals surface area contributed by atoms with Crippen LogP contribution in [0.5, 0.6) is 0 Å². The third kappa shape index (κ3) is 3.06. The number of nitriles is 1. The van der Waals surface area contributed by atoms with E-state index >= 15 is 0 Å². The Morgan fingerprint density at radius 1 is 1.43 bits per heavy atom. The van der Waals surface area contributed by atoms with Crippen molar-refractivity contribution < 1.29 is 0 Å². The van der Waals surface area contributed by atoms with Gasteiger partial charge in [-0.15, -0.1) is 11.6 Å². The minimum Gasteiger partial charge on any atom is -0.198 e. The fourth-order valence-electron chi connectivity index (χ4n) is 1.05. The fourth-order valence-corrected chi connectivity index (χ4v) is 1.52. The van der Waals surface area contributed by atoms with Crippen LogP contribution in [0.1, 0.15) is 17.5 Å². The first-order valence-electron chi connectivity index (χ1n) is 4.16. The zero-order chi connectivity index (χ0) is 10.4. The van der Waals surface area contributed by atoms with Crippen molar-refractivity contribution >= 4 is 29.3 Å². The second kappa shape index (κ2) is 5.70. The van der Waals surface area contributed by atoms with Crippen LogP contribution in [0.4, 0.5) is 0 Å². The predicted octanol–water partition coefficient (Wildman–Crippen LogP) is 4.01. The molecule has 0 aliphatic heterocycles. The molecule has 1 rings (SSSR count). The molecule has 0 saturated heterocycles. The lowest BCUT2D eigenvalue weighted by atomic mass is 10.1. The van der Waals surface area contributed by atoms with Crippen LogP contribution in [0.25, 0.3) is 6.08 Å². The van der Waals surface area contributed by atoms with Gasteiger partial charge in [-0.2, -0.15) is 5.26 Å². The molecule has 0 spiro atoms. The standard InChI is InChI=1S/C11H9Cl2N/c12-8-10-7-9(3-1-2-6-14)4-5-11(10)13/h1,3-5,7H,2,8H2. The molecule has 0 radical (unpaired) electrons. The van der Waals surface area contributed by atoms with Crippen molar-refractivity contribution in [2.45, 2.75) is 12.3 Å². The van der Waals surface area contributed by atoms with Gasteiger partial charge in [-0.1, -0.05) is 29.8 Å². The van der Waals surface area contributed by atoms with E-state index in [0.29, 0.717) is 17.3 Å². The molecule has 0 heterocycles. The van der Waals surface area contributed by atoms with E-state index in [2.05, 4.69) is 0 Å². The molecule has 0 unspecified atom stereocenters. The van der Waals surface area contributed by atoms with E-state index in [4.69, 9.17) is 28.5 Å². The Labute approximate surface area is 93.6 Å². The Morgan fingerprint density at radius 3 is 2.86 bits per heavy atom. The third-order valence-corrected chi connectivity index (χ3v) is 2.39. The summed E-state index contributed by atoms with van der Waals surface area (Å²) in [6, 6.07) is 7.66. The summed E-state index contributed by atoms with van der Waals surface area (Å²) in [7, 11) is 0. The molecule has 72 valence electrons. The van der Waals surface area contributed by atoms with Gasteiger partial charge in [0.15, 0.2) is 0 Å². The molecule has 1 aromatic carbocycles. The molecule has 14 heavy (non-hydrogen) atoms. The van der Waals surface area contributed by atoms with Gasteiger partial charge in [-0.25, -0.2) is 0 Å². The molecule has 0 fully saturated rings. The Kier molecular flexibility index (Phi) is 4.52. The van der Waals surface area contributed by atoms with Gasteiger partial charge in [0.2, 0.25) is 0 Å². The smallest absolute Gasteiger partial charge is 0.0663 e. The molecule has 0 aliphatic rings. The lowest BCUT2D eigenvalue weighted by Gasteiger charge is -2.00. The molecule has 0 saturated carbocycles. The monoisotopic (exact) mass is 225 g/mol. The highest BCUT2D eigenvalue weighted by Crippen LogP contribution is 2.20. The van der Waals surface area contributed by atoms with Crippen LogP contribution in [-0.2, 0) is 5.88 Å². The Bertz CT molecular complexity index is 377. The van der Waals surface area contributed by atoms with Gasteiger partial charge >= 0.3 is 0 Å². The molecule has 0 amide bonds. The lowest BCUT2D eigenvalue weighted by Crippen LogP contribution is -1.81. The maximum Gasteiger partial charge on any atom is 0.0663 e. The van der Waals surface area contributed by atoms with Crippen LogP contribution < -0.4 is 0 Å². The Hall–Kier alpha value is -0.970. The summed E-state index contributed by atoms with van der Waals surface area (Å²) < 4.78 is 0. The first kappa shape index (κ1) is 11.1. The van der Waals surface area contributed by atoms with Gasteiger partial charge in [0.05, 0.1) is 12.5 Å². The van der Waals surface area contributed by atoms with Crippen LogP contribution in [-0.4, -0.2) is 0 Å². The molecule has 0 atom stereocenters. The summed E-state index contributed by atoms with van der Waals surface area (Å²) >= 11 is 11.6. The fraction of sp³-hybridized carbons (Fsp3) is 0.182. The molecule has 3 heteroatoms. The maximum absolute atomic E-state index is 8.35. The van der Waals surface area contributed by atoms with Gasteiger partial charge in [0.1, 0.15) is 0 Å². The SMILES string of the molecule is N#CCC=Cc1ccc(Cl)c(CCl)c1. The number of benzene rings is 1. The van der Waals surface area contributed by atoms with Crippen molar-refractivity contribution in [3.05, 3.63) is 40.4 Å². The Morgan fingerprint density at radius 2 is 2.21 bits per heavy atom. The number of rotatable bonds is 3. The largest absolute Gasteiger partial charge is 0.198 e. The van der Waals surface area contributed by atoms with Crippen LogP contribution >= 0.6 is 23.2 Å². The second-order valence-corrected chi connectivity index (χ2v) is 3.42. The molecular weight excluding hydrogens is 217 g/mol. The first-order chi connectivity index (χ1) is 6.77. The van der Waals surface area contributed by atoms with Gasteiger partial charge in [0, 0.05) is 10.9 Å². The van der Waals surface area contributed by atoms with E-state index < -0.39 is 0 Å². The van der Waals surface area contributed by atoms with Crippen LogP contribution in [0, 0.1) is 11.3 Å². The van der Waals surface area contributed by atoms with Gasteiger partial charge in [-0.05, 0) is 23.3 Å². The van der Waals surface area contributed by atoms with Crippen LogP contribution in [0.3, 0.4) is 0 Å². The van der Waals surface area contributed by atoms with Gasteiger partial charge < -0.3 is 0 Å². The minimum absolute atomic E-state index is 0.402. The summed E-state index contributed by atoms with van der Waals surface area (Å²) in [5, 5.41) is 9.02. The summed E-state index contributed by atoms with van der Waals surface area (Å²) in [6.45, 7) is 0. The van der Waals surface area contributed by atoms with Crippen molar-refractivity contribution in [3.8, 4) is 6.07 Å². The van der Waals surface area contributed by atoms with Gasteiger partial charge in [-0.3, -0.25) is 0 Å². The predicted molar refractivity (Wildman–Crippen MR) is 60.3 cm³/mol. The van der Waals surface area contributed by atoms with Crippen molar-refractivity contribution in [2.24, 2.45) is 0 Å². The summed E-state index contributed by atoms with van der Waals surface area (Å²) in [6.07, 6.45) is 4.11. The summed E-state index contributed by atoms with van der Waals surface area (Å²) in [4.78, 5) is 0. The number of hydrogen-bond acceptors (Lipinski definition) is 1. The molecular formula is C11H9Cl2N. The van der Waals surface area contributed by atoms with E-state index in [0.717, 1.165) is 11.1 Å². The van der Waals surface area contributed by atoms with Crippen molar-refractivity contribution in [2.75, 3.05) is 0 Å². The van der Waals surface area contributed by atoms with Crippen molar-refractivity contribution in [1.29, 1.82) is 5.26 Å². The highest BCUT2D eigenvalue weighted by Gasteiger charge is 1.98. The Balaban J connectivity index is 2.85. The van der Waals surface area contributed by atoms with E-state index in [9.17, 15) is 0 Å². The number of nitrogens with zero attached hydrogens (tertiary/aromatic N) is 1. The number of allylic oxidation sites excluding steroid dienone is 1. The van der Waals surface area contributed by atoms with Crippen LogP contribution in [0.2, 0.25) is 5.02 Å². The maximum atomic E-state index is 8.35. The zero-order valence-electron chi connectivity index (χ0n) is 7.50. The number of alkyl halides is 1. The average molecular weight is 226 g/mol. The zero-order valence-corrected chi connectivity index (χ0v) is 9.02. The quantitative estimate of drug-likeness (QED) is 0.714. The average Bonchev–Trinajstić information content (AvgIpc) is 2.21. The minimum atomic E-state index is 0.402. The summed E-state index contributed by atoms with van der Waals surface area (Å²) in [5.41, 5.74) is 1.92. The molecule has 1 aromatic rings. The van der Waals surface area contributed by atoms with Crippen molar-refractivity contribution in [1.82, 2.24) is 0 Å². The first-order valence-corrected chi connectivity index (χ1v) is 5.07. The van der Waals surface area contributed by atoms with E-state index in [1.54, 1.807) is 6.08 Å². The molecule has 0 bridgehead atoms. The van der Waals surface area contributed by atoms with Crippen LogP contribution in [0.15, 0.2) is 24.3 Å². The molecule has 0 N–H and O–H groups in total. The highest BCUT2D eigenvalue weighted by atomic mass is 35.5. The lowest BCUT2D eigenvalue weighted by molar-refractivity contribution is 1.36. The van der Waals surface area contributed by atoms with Crippen molar-refractivity contribution in [3.63, 3.8) is 0 Å². The normalized spacial score (nSPS) is 10.4. The highest BCUT2D eigenvalue weighted by molar-refractivity contribution is 6.32. The second-order valence-electron chi connectivity index (χ2n) is 2.75. The van der Waals surface area contributed by atoms with E-state index in [1.807, 2.05) is 30.3 Å².